The second kappa shape index (κ2) is 2.69. The van der Waals surface area contributed by atoms with Crippen LogP contribution >= 0.6 is 0 Å². The molecule has 0 saturated carbocycles. The van der Waals surface area contributed by atoms with Crippen molar-refractivity contribution < 1.29 is 23.5 Å². The fourth-order valence-electron chi connectivity index (χ4n) is 1.04. The molecule has 1 fully saturated rings. The zero-order valence-corrected chi connectivity index (χ0v) is 6.09. The van der Waals surface area contributed by atoms with E-state index >= 15 is 0 Å². The molecule has 68 valence electrons. The Bertz CT molecular complexity index is 229. The molecule has 0 atom stereocenters. The molecular formula is C6H7F2NO3. The molecule has 12 heavy (non-hydrogen) atoms. The van der Waals surface area contributed by atoms with E-state index in [2.05, 4.69) is 0 Å². The van der Waals surface area contributed by atoms with E-state index in [1.54, 1.807) is 0 Å². The zero-order valence-electron chi connectivity index (χ0n) is 6.09. The maximum Gasteiger partial charge on any atom is 0.394 e. The highest BCUT2D eigenvalue weighted by Gasteiger charge is 2.41. The minimum atomic E-state index is -2.93. The smallest absolute Gasteiger partial charge is 0.394 e. The number of halogens is 2. The maximum absolute atomic E-state index is 12.4. The van der Waals surface area contributed by atoms with Gasteiger partial charge in [0.25, 0.3) is 5.92 Å². The van der Waals surface area contributed by atoms with Crippen molar-refractivity contribution in [2.45, 2.75) is 12.3 Å². The number of carboxylic acids is 1. The summed E-state index contributed by atoms with van der Waals surface area (Å²) in [6.45, 7) is -0.962. The van der Waals surface area contributed by atoms with Crippen molar-refractivity contribution in [3.63, 3.8) is 0 Å². The molecule has 0 bridgehead atoms. The van der Waals surface area contributed by atoms with Crippen LogP contribution in [0.25, 0.3) is 0 Å². The van der Waals surface area contributed by atoms with Crippen molar-refractivity contribution in [3.05, 3.63) is 0 Å². The lowest BCUT2D eigenvalue weighted by atomic mass is 10.3. The molecule has 0 unspecified atom stereocenters. The molecule has 1 heterocycles. The highest BCUT2D eigenvalue weighted by Crippen LogP contribution is 2.26. The van der Waals surface area contributed by atoms with Gasteiger partial charge in [-0.3, -0.25) is 4.79 Å². The minimum Gasteiger partial charge on any atom is -0.474 e. The molecule has 1 aliphatic heterocycles. The van der Waals surface area contributed by atoms with Gasteiger partial charge in [0.15, 0.2) is 0 Å². The second-order valence-corrected chi connectivity index (χ2v) is 2.64. The summed E-state index contributed by atoms with van der Waals surface area (Å²) >= 11 is 0. The second-order valence-electron chi connectivity index (χ2n) is 2.64. The summed E-state index contributed by atoms with van der Waals surface area (Å²) in [5.41, 5.74) is 0. The van der Waals surface area contributed by atoms with Gasteiger partial charge in [0.05, 0.1) is 6.54 Å². The third kappa shape index (κ3) is 1.69. The monoisotopic (exact) mass is 179 g/mol. The van der Waals surface area contributed by atoms with Gasteiger partial charge >= 0.3 is 11.9 Å². The minimum absolute atomic E-state index is 0.182. The first-order valence-corrected chi connectivity index (χ1v) is 3.32. The first kappa shape index (κ1) is 8.89. The third-order valence-corrected chi connectivity index (χ3v) is 1.64. The fraction of sp³-hybridized carbons (Fsp3) is 0.667. The van der Waals surface area contributed by atoms with E-state index in [1.807, 2.05) is 0 Å². The zero-order chi connectivity index (χ0) is 9.35. The predicted octanol–water partition coefficient (Wildman–Crippen LogP) is -0.0614. The molecule has 4 nitrogen and oxygen atoms in total. The normalized spacial score (nSPS) is 21.0. The Morgan fingerprint density at radius 2 is 2.00 bits per heavy atom. The van der Waals surface area contributed by atoms with Crippen molar-refractivity contribution in [2.75, 3.05) is 13.1 Å². The van der Waals surface area contributed by atoms with Gasteiger partial charge in [0.1, 0.15) is 0 Å². The summed E-state index contributed by atoms with van der Waals surface area (Å²) in [4.78, 5) is 21.3. The van der Waals surface area contributed by atoms with Gasteiger partial charge in [-0.25, -0.2) is 13.6 Å². The van der Waals surface area contributed by atoms with Gasteiger partial charge in [-0.05, 0) is 0 Å². The number of carbonyl (C=O) groups excluding carboxylic acids is 1. The van der Waals surface area contributed by atoms with Crippen LogP contribution in [0, 0.1) is 0 Å². The Morgan fingerprint density at radius 1 is 1.42 bits per heavy atom. The molecular weight excluding hydrogens is 172 g/mol. The quantitative estimate of drug-likeness (QED) is 0.530. The van der Waals surface area contributed by atoms with Gasteiger partial charge in [-0.1, -0.05) is 0 Å². The number of hydrogen-bond donors (Lipinski definition) is 1. The van der Waals surface area contributed by atoms with Crippen LogP contribution in [0.2, 0.25) is 0 Å². The first-order valence-electron chi connectivity index (χ1n) is 3.32. The standard InChI is InChI=1S/C6H7F2NO3/c7-6(8)1-2-9(3-6)4(10)5(11)12/h1-3H2,(H,11,12). The van der Waals surface area contributed by atoms with Gasteiger partial charge in [-0.15, -0.1) is 0 Å². The third-order valence-electron chi connectivity index (χ3n) is 1.64. The number of aliphatic carboxylic acids is 1. The van der Waals surface area contributed by atoms with Crippen LogP contribution < -0.4 is 0 Å². The largest absolute Gasteiger partial charge is 0.474 e. The molecule has 0 radical (unpaired) electrons. The average Bonchev–Trinajstić information content (AvgIpc) is 2.28. The number of rotatable bonds is 0. The van der Waals surface area contributed by atoms with E-state index in [0.717, 1.165) is 0 Å². The van der Waals surface area contributed by atoms with Gasteiger partial charge in [-0.2, -0.15) is 0 Å². The molecule has 1 rings (SSSR count). The maximum atomic E-state index is 12.4. The van der Waals surface area contributed by atoms with E-state index in [-0.39, 0.29) is 6.54 Å². The highest BCUT2D eigenvalue weighted by atomic mass is 19.3. The summed E-state index contributed by atoms with van der Waals surface area (Å²) in [7, 11) is 0. The Balaban J connectivity index is 2.59. The Kier molecular flexibility index (Phi) is 1.99. The van der Waals surface area contributed by atoms with Crippen molar-refractivity contribution in [1.29, 1.82) is 0 Å². The summed E-state index contributed by atoms with van der Waals surface area (Å²) in [5.74, 6) is -5.87. The molecule has 0 aromatic carbocycles. The van der Waals surface area contributed by atoms with E-state index in [1.165, 1.54) is 0 Å². The average molecular weight is 179 g/mol. The Morgan fingerprint density at radius 3 is 2.33 bits per heavy atom. The summed E-state index contributed by atoms with van der Waals surface area (Å²) in [5, 5.41) is 8.18. The molecule has 1 N–H and O–H groups in total. The molecule has 0 aromatic heterocycles. The summed E-state index contributed by atoms with van der Waals surface area (Å²) in [6, 6.07) is 0. The number of amides is 1. The van der Waals surface area contributed by atoms with E-state index in [4.69, 9.17) is 5.11 Å². The molecule has 0 spiro atoms. The van der Waals surface area contributed by atoms with Crippen LogP contribution in [0.5, 0.6) is 0 Å². The SMILES string of the molecule is O=C(O)C(=O)N1CCC(F)(F)C1. The van der Waals surface area contributed by atoms with Crippen molar-refractivity contribution >= 4 is 11.9 Å². The lowest BCUT2D eigenvalue weighted by Crippen LogP contribution is -2.36. The number of hydrogen-bond acceptors (Lipinski definition) is 2. The van der Waals surface area contributed by atoms with Crippen LogP contribution in [0.1, 0.15) is 6.42 Å². The van der Waals surface area contributed by atoms with Gasteiger partial charge in [0.2, 0.25) is 0 Å². The van der Waals surface area contributed by atoms with Gasteiger partial charge in [0, 0.05) is 13.0 Å². The lowest BCUT2D eigenvalue weighted by molar-refractivity contribution is -0.155. The fourth-order valence-corrected chi connectivity index (χ4v) is 1.04. The number of carboxylic acid groups (broad SMARTS) is 1. The first-order chi connectivity index (χ1) is 5.42. The molecule has 1 amide bonds. The molecule has 0 aliphatic carbocycles. The number of likely N-dealkylation sites (tertiary alicyclic amines) is 1. The van der Waals surface area contributed by atoms with E-state index < -0.39 is 30.8 Å². The van der Waals surface area contributed by atoms with Crippen molar-refractivity contribution in [1.82, 2.24) is 4.90 Å². The topological polar surface area (TPSA) is 57.6 Å². The summed E-state index contributed by atoms with van der Waals surface area (Å²) < 4.78 is 24.9. The van der Waals surface area contributed by atoms with Gasteiger partial charge < -0.3 is 10.0 Å². The van der Waals surface area contributed by atoms with Crippen LogP contribution in [-0.4, -0.2) is 40.9 Å². The summed E-state index contributed by atoms with van der Waals surface area (Å²) in [6.07, 6.45) is -0.452. The molecule has 1 saturated heterocycles. The predicted molar refractivity (Wildman–Crippen MR) is 33.8 cm³/mol. The van der Waals surface area contributed by atoms with E-state index in [0.29, 0.717) is 4.90 Å². The number of carbonyl (C=O) groups is 2. The molecule has 6 heteroatoms. The number of alkyl halides is 2. The van der Waals surface area contributed by atoms with Crippen molar-refractivity contribution in [2.24, 2.45) is 0 Å². The Hall–Kier alpha value is -1.20. The van der Waals surface area contributed by atoms with Crippen LogP contribution in [0.15, 0.2) is 0 Å². The van der Waals surface area contributed by atoms with E-state index in [9.17, 15) is 18.4 Å². The van der Waals surface area contributed by atoms with Crippen LogP contribution in [0.4, 0.5) is 8.78 Å². The van der Waals surface area contributed by atoms with Crippen LogP contribution in [-0.2, 0) is 9.59 Å². The lowest BCUT2D eigenvalue weighted by Gasteiger charge is -2.12. The number of nitrogens with zero attached hydrogens (tertiary/aromatic N) is 1. The highest BCUT2D eigenvalue weighted by molar-refractivity contribution is 6.31. The molecule has 1 aliphatic rings. The van der Waals surface area contributed by atoms with Crippen LogP contribution in [0.3, 0.4) is 0 Å². The Labute approximate surface area is 66.8 Å². The molecule has 0 aromatic rings. The van der Waals surface area contributed by atoms with Crippen molar-refractivity contribution in [3.8, 4) is 0 Å².